The standard InChI is InChI=1S/C17H16ClF3N4O/c1-9-2-3-12(5-14(9)17(19,20)21)24-7-10(6-22)15(26)13-4-11(18)8-25-16(13)23/h2-8,15,26H,22H2,1H3,(H2,23,25)/b10-6+,24-7?. The van der Waals surface area contributed by atoms with E-state index in [0.717, 1.165) is 18.5 Å². The zero-order chi connectivity index (χ0) is 19.5. The van der Waals surface area contributed by atoms with E-state index in [1.54, 1.807) is 0 Å². The number of aliphatic imine (C=N–C) groups is 1. The fraction of sp³-hybridized carbons (Fsp3) is 0.176. The van der Waals surface area contributed by atoms with Crippen molar-refractivity contribution < 1.29 is 18.3 Å². The van der Waals surface area contributed by atoms with E-state index in [9.17, 15) is 18.3 Å². The summed E-state index contributed by atoms with van der Waals surface area (Å²) < 4.78 is 38.9. The maximum atomic E-state index is 13.0. The van der Waals surface area contributed by atoms with Gasteiger partial charge in [-0.1, -0.05) is 17.7 Å². The Morgan fingerprint density at radius 1 is 1.35 bits per heavy atom. The minimum Gasteiger partial charge on any atom is -0.404 e. The van der Waals surface area contributed by atoms with Gasteiger partial charge in [-0.2, -0.15) is 13.2 Å². The van der Waals surface area contributed by atoms with Crippen molar-refractivity contribution in [2.45, 2.75) is 19.2 Å². The molecule has 1 unspecified atom stereocenters. The smallest absolute Gasteiger partial charge is 0.404 e. The Morgan fingerprint density at radius 2 is 2.04 bits per heavy atom. The van der Waals surface area contributed by atoms with Crippen molar-refractivity contribution in [3.8, 4) is 0 Å². The third-order valence-corrected chi connectivity index (χ3v) is 3.81. The van der Waals surface area contributed by atoms with Crippen molar-refractivity contribution in [1.29, 1.82) is 0 Å². The minimum atomic E-state index is -4.48. The summed E-state index contributed by atoms with van der Waals surface area (Å²) in [6.45, 7) is 1.36. The van der Waals surface area contributed by atoms with Crippen LogP contribution in [0.5, 0.6) is 0 Å². The number of nitrogen functional groups attached to an aromatic ring is 1. The number of halogens is 4. The summed E-state index contributed by atoms with van der Waals surface area (Å²) in [6, 6.07) is 5.08. The molecule has 9 heteroatoms. The van der Waals surface area contributed by atoms with Gasteiger partial charge in [-0.05, 0) is 30.7 Å². The average molecular weight is 385 g/mol. The van der Waals surface area contributed by atoms with E-state index in [0.29, 0.717) is 0 Å². The molecule has 0 aliphatic heterocycles. The fourth-order valence-corrected chi connectivity index (χ4v) is 2.38. The number of anilines is 1. The molecule has 0 radical (unpaired) electrons. The van der Waals surface area contributed by atoms with E-state index in [2.05, 4.69) is 9.98 Å². The molecule has 0 saturated heterocycles. The van der Waals surface area contributed by atoms with E-state index >= 15 is 0 Å². The van der Waals surface area contributed by atoms with Crippen molar-refractivity contribution in [1.82, 2.24) is 4.98 Å². The molecule has 0 amide bonds. The second kappa shape index (κ2) is 7.76. The van der Waals surface area contributed by atoms with E-state index in [4.69, 9.17) is 23.1 Å². The van der Waals surface area contributed by atoms with Crippen molar-refractivity contribution >= 4 is 29.3 Å². The van der Waals surface area contributed by atoms with Gasteiger partial charge in [-0.3, -0.25) is 4.99 Å². The van der Waals surface area contributed by atoms with Gasteiger partial charge in [0.15, 0.2) is 0 Å². The molecule has 0 aliphatic rings. The van der Waals surface area contributed by atoms with Crippen LogP contribution in [0.25, 0.3) is 0 Å². The van der Waals surface area contributed by atoms with Crippen molar-refractivity contribution in [2.24, 2.45) is 10.7 Å². The quantitative estimate of drug-likeness (QED) is 0.696. The molecule has 0 aliphatic carbocycles. The number of aliphatic hydroxyl groups excluding tert-OH is 1. The first-order valence-corrected chi connectivity index (χ1v) is 7.74. The Balaban J connectivity index is 2.32. The highest BCUT2D eigenvalue weighted by Crippen LogP contribution is 2.34. The first-order chi connectivity index (χ1) is 12.1. The number of nitrogens with two attached hydrogens (primary N) is 2. The summed E-state index contributed by atoms with van der Waals surface area (Å²) in [5.41, 5.74) is 10.9. The van der Waals surface area contributed by atoms with Crippen LogP contribution in [0.2, 0.25) is 5.02 Å². The SMILES string of the molecule is Cc1ccc(N=C/C(=C\N)C(O)c2cc(Cl)cnc2N)cc1C(F)(F)F. The van der Waals surface area contributed by atoms with Crippen LogP contribution in [-0.2, 0) is 6.18 Å². The highest BCUT2D eigenvalue weighted by Gasteiger charge is 2.32. The molecule has 0 spiro atoms. The molecule has 0 bridgehead atoms. The summed E-state index contributed by atoms with van der Waals surface area (Å²) in [7, 11) is 0. The Labute approximate surface area is 152 Å². The minimum absolute atomic E-state index is 0.0457. The number of aromatic nitrogens is 1. The Morgan fingerprint density at radius 3 is 2.65 bits per heavy atom. The van der Waals surface area contributed by atoms with Gasteiger partial charge in [0.1, 0.15) is 11.9 Å². The largest absolute Gasteiger partial charge is 0.416 e. The number of aliphatic hydroxyl groups is 1. The molecule has 0 saturated carbocycles. The summed E-state index contributed by atoms with van der Waals surface area (Å²) in [5, 5.41) is 10.7. The molecule has 138 valence electrons. The van der Waals surface area contributed by atoms with Crippen LogP contribution in [0, 0.1) is 6.92 Å². The van der Waals surface area contributed by atoms with Crippen LogP contribution < -0.4 is 11.5 Å². The van der Waals surface area contributed by atoms with E-state index in [1.807, 2.05) is 0 Å². The van der Waals surface area contributed by atoms with Crippen LogP contribution in [0.3, 0.4) is 0 Å². The van der Waals surface area contributed by atoms with Crippen LogP contribution >= 0.6 is 11.6 Å². The molecule has 0 fully saturated rings. The van der Waals surface area contributed by atoms with Crippen LogP contribution in [0.15, 0.2) is 47.2 Å². The van der Waals surface area contributed by atoms with Gasteiger partial charge < -0.3 is 16.6 Å². The number of pyridine rings is 1. The third-order valence-electron chi connectivity index (χ3n) is 3.61. The van der Waals surface area contributed by atoms with Crippen molar-refractivity contribution in [2.75, 3.05) is 5.73 Å². The van der Waals surface area contributed by atoms with E-state index in [-0.39, 0.29) is 33.2 Å². The second-order valence-electron chi connectivity index (χ2n) is 5.45. The summed E-state index contributed by atoms with van der Waals surface area (Å²) in [5.74, 6) is 0.0457. The summed E-state index contributed by atoms with van der Waals surface area (Å²) in [6.07, 6.45) is -2.22. The highest BCUT2D eigenvalue weighted by molar-refractivity contribution is 6.30. The molecule has 26 heavy (non-hydrogen) atoms. The highest BCUT2D eigenvalue weighted by atomic mass is 35.5. The monoisotopic (exact) mass is 384 g/mol. The maximum absolute atomic E-state index is 13.0. The normalized spacial score (nSPS) is 14.0. The zero-order valence-electron chi connectivity index (χ0n) is 13.6. The number of aryl methyl sites for hydroxylation is 1. The van der Waals surface area contributed by atoms with Gasteiger partial charge in [0.25, 0.3) is 0 Å². The van der Waals surface area contributed by atoms with Crippen molar-refractivity contribution in [3.05, 3.63) is 63.9 Å². The predicted octanol–water partition coefficient (Wildman–Crippen LogP) is 3.92. The molecule has 1 aromatic heterocycles. The van der Waals surface area contributed by atoms with Gasteiger partial charge in [0.05, 0.1) is 16.3 Å². The Hall–Kier alpha value is -2.58. The first kappa shape index (κ1) is 19.7. The molecule has 1 atom stereocenters. The molecule has 1 aromatic carbocycles. The average Bonchev–Trinajstić information content (AvgIpc) is 2.57. The van der Waals surface area contributed by atoms with Gasteiger partial charge >= 0.3 is 6.18 Å². The lowest BCUT2D eigenvalue weighted by atomic mass is 10.0. The Bertz CT molecular complexity index is 866. The van der Waals surface area contributed by atoms with Crippen LogP contribution in [0.4, 0.5) is 24.7 Å². The van der Waals surface area contributed by atoms with Gasteiger partial charge in [0, 0.05) is 29.7 Å². The molecule has 2 aromatic rings. The maximum Gasteiger partial charge on any atom is 0.416 e. The van der Waals surface area contributed by atoms with Crippen molar-refractivity contribution in [3.63, 3.8) is 0 Å². The fourth-order valence-electron chi connectivity index (χ4n) is 2.21. The number of nitrogens with zero attached hydrogens (tertiary/aromatic N) is 2. The first-order valence-electron chi connectivity index (χ1n) is 7.36. The lowest BCUT2D eigenvalue weighted by Gasteiger charge is -2.14. The van der Waals surface area contributed by atoms with E-state index < -0.39 is 17.8 Å². The Kier molecular flexibility index (Phi) is 5.89. The molecule has 5 N–H and O–H groups in total. The van der Waals surface area contributed by atoms with Gasteiger partial charge in [-0.15, -0.1) is 0 Å². The third kappa shape index (κ3) is 4.53. The lowest BCUT2D eigenvalue weighted by molar-refractivity contribution is -0.138. The number of benzene rings is 1. The predicted molar refractivity (Wildman–Crippen MR) is 95.2 cm³/mol. The van der Waals surface area contributed by atoms with E-state index in [1.165, 1.54) is 31.3 Å². The number of rotatable bonds is 4. The summed E-state index contributed by atoms with van der Waals surface area (Å²) in [4.78, 5) is 7.80. The number of hydrogen-bond donors (Lipinski definition) is 3. The topological polar surface area (TPSA) is 97.5 Å². The number of hydrogen-bond acceptors (Lipinski definition) is 5. The van der Waals surface area contributed by atoms with Gasteiger partial charge in [-0.25, -0.2) is 4.98 Å². The molecule has 1 heterocycles. The molecular weight excluding hydrogens is 369 g/mol. The molecular formula is C17H16ClF3N4O. The molecule has 5 nitrogen and oxygen atoms in total. The lowest BCUT2D eigenvalue weighted by Crippen LogP contribution is -2.09. The van der Waals surface area contributed by atoms with Crippen LogP contribution in [0.1, 0.15) is 22.8 Å². The van der Waals surface area contributed by atoms with Crippen LogP contribution in [-0.4, -0.2) is 16.3 Å². The number of alkyl halides is 3. The zero-order valence-corrected chi connectivity index (χ0v) is 14.4. The second-order valence-corrected chi connectivity index (χ2v) is 5.89. The summed E-state index contributed by atoms with van der Waals surface area (Å²) >= 11 is 5.84. The van der Waals surface area contributed by atoms with Gasteiger partial charge in [0.2, 0.25) is 0 Å². The molecule has 2 rings (SSSR count).